The van der Waals surface area contributed by atoms with Gasteiger partial charge in [-0.2, -0.15) is 4.98 Å². The van der Waals surface area contributed by atoms with E-state index in [0.29, 0.717) is 41.6 Å². The number of rotatable bonds is 4. The lowest BCUT2D eigenvalue weighted by Gasteiger charge is -2.37. The van der Waals surface area contributed by atoms with Crippen LogP contribution in [0, 0.1) is 18.7 Å². The Morgan fingerprint density at radius 2 is 2.23 bits per heavy atom. The molecule has 0 atom stereocenters. The number of aromatic nitrogens is 2. The van der Waals surface area contributed by atoms with Gasteiger partial charge in [-0.15, -0.1) is 0 Å². The zero-order valence-corrected chi connectivity index (χ0v) is 12.7. The standard InChI is InChI=1S/C16H18FN3O2/c1-10-8-20(9-10)15(21)6-5-14-18-16(19-22-14)12-3-4-13(17)11(2)7-12/h3-4,7,10H,5-6,8-9H2,1-2H3. The van der Waals surface area contributed by atoms with Crippen molar-refractivity contribution in [3.63, 3.8) is 0 Å². The van der Waals surface area contributed by atoms with Gasteiger partial charge >= 0.3 is 0 Å². The Morgan fingerprint density at radius 3 is 2.91 bits per heavy atom. The Bertz CT molecular complexity index is 692. The fourth-order valence-electron chi connectivity index (χ4n) is 2.53. The van der Waals surface area contributed by atoms with Gasteiger partial charge in [0.15, 0.2) is 0 Å². The number of hydrogen-bond donors (Lipinski definition) is 0. The molecule has 1 fully saturated rings. The van der Waals surface area contributed by atoms with Crippen molar-refractivity contribution in [3.05, 3.63) is 35.5 Å². The molecule has 1 aliphatic rings. The van der Waals surface area contributed by atoms with E-state index in [4.69, 9.17) is 4.52 Å². The molecule has 0 bridgehead atoms. The summed E-state index contributed by atoms with van der Waals surface area (Å²) in [4.78, 5) is 18.0. The van der Waals surface area contributed by atoms with Gasteiger partial charge in [-0.1, -0.05) is 12.1 Å². The molecule has 5 nitrogen and oxygen atoms in total. The highest BCUT2D eigenvalue weighted by molar-refractivity contribution is 5.77. The topological polar surface area (TPSA) is 59.2 Å². The largest absolute Gasteiger partial charge is 0.342 e. The number of likely N-dealkylation sites (tertiary alicyclic amines) is 1. The van der Waals surface area contributed by atoms with Crippen molar-refractivity contribution < 1.29 is 13.7 Å². The van der Waals surface area contributed by atoms with E-state index >= 15 is 0 Å². The minimum absolute atomic E-state index is 0.121. The van der Waals surface area contributed by atoms with Crippen molar-refractivity contribution in [1.82, 2.24) is 15.0 Å². The first-order valence-electron chi connectivity index (χ1n) is 7.40. The molecule has 1 aromatic carbocycles. The second-order valence-corrected chi connectivity index (χ2v) is 5.88. The van der Waals surface area contributed by atoms with Crippen molar-refractivity contribution >= 4 is 5.91 Å². The average Bonchev–Trinajstić information content (AvgIpc) is 2.93. The highest BCUT2D eigenvalue weighted by Gasteiger charge is 2.26. The molecule has 0 N–H and O–H groups in total. The summed E-state index contributed by atoms with van der Waals surface area (Å²) in [6.07, 6.45) is 0.799. The predicted molar refractivity (Wildman–Crippen MR) is 78.5 cm³/mol. The van der Waals surface area contributed by atoms with Gasteiger partial charge in [0.2, 0.25) is 17.6 Å². The second-order valence-electron chi connectivity index (χ2n) is 5.88. The highest BCUT2D eigenvalue weighted by atomic mass is 19.1. The first kappa shape index (κ1) is 14.7. The maximum Gasteiger partial charge on any atom is 0.227 e. The molecule has 0 saturated carbocycles. The quantitative estimate of drug-likeness (QED) is 0.871. The molecule has 1 amide bonds. The zero-order chi connectivity index (χ0) is 15.7. The van der Waals surface area contributed by atoms with Gasteiger partial charge in [-0.05, 0) is 36.6 Å². The number of amides is 1. The van der Waals surface area contributed by atoms with Gasteiger partial charge in [0, 0.05) is 31.5 Å². The number of aryl methyl sites for hydroxylation is 2. The van der Waals surface area contributed by atoms with Crippen LogP contribution in [-0.2, 0) is 11.2 Å². The Labute approximate surface area is 128 Å². The first-order chi connectivity index (χ1) is 10.5. The third-order valence-electron chi connectivity index (χ3n) is 3.85. The lowest BCUT2D eigenvalue weighted by Crippen LogP contribution is -2.48. The van der Waals surface area contributed by atoms with Crippen LogP contribution in [0.25, 0.3) is 11.4 Å². The number of halogens is 1. The summed E-state index contributed by atoms with van der Waals surface area (Å²) in [6, 6.07) is 4.68. The minimum atomic E-state index is -0.262. The highest BCUT2D eigenvalue weighted by Crippen LogP contribution is 2.20. The summed E-state index contributed by atoms with van der Waals surface area (Å²) < 4.78 is 18.4. The zero-order valence-electron chi connectivity index (χ0n) is 12.7. The van der Waals surface area contributed by atoms with E-state index in [-0.39, 0.29) is 11.7 Å². The molecule has 1 saturated heterocycles. The van der Waals surface area contributed by atoms with Gasteiger partial charge in [-0.3, -0.25) is 4.79 Å². The van der Waals surface area contributed by atoms with E-state index in [1.54, 1.807) is 19.1 Å². The van der Waals surface area contributed by atoms with Gasteiger partial charge < -0.3 is 9.42 Å². The maximum absolute atomic E-state index is 13.3. The van der Waals surface area contributed by atoms with E-state index in [1.807, 2.05) is 4.90 Å². The summed E-state index contributed by atoms with van der Waals surface area (Å²) in [5, 5.41) is 3.89. The third-order valence-corrected chi connectivity index (χ3v) is 3.85. The fraction of sp³-hybridized carbons (Fsp3) is 0.438. The van der Waals surface area contributed by atoms with Crippen LogP contribution in [0.2, 0.25) is 0 Å². The average molecular weight is 303 g/mol. The molecular formula is C16H18FN3O2. The molecule has 0 spiro atoms. The SMILES string of the molecule is Cc1cc(-c2noc(CCC(=O)N3CC(C)C3)n2)ccc1F. The normalized spacial score (nSPS) is 15.0. The molecule has 1 aromatic heterocycles. The van der Waals surface area contributed by atoms with Crippen LogP contribution in [0.1, 0.15) is 24.8 Å². The molecule has 0 aliphatic carbocycles. The molecule has 3 rings (SSSR count). The van der Waals surface area contributed by atoms with Crippen molar-refractivity contribution in [2.45, 2.75) is 26.7 Å². The molecule has 22 heavy (non-hydrogen) atoms. The van der Waals surface area contributed by atoms with E-state index in [1.165, 1.54) is 6.07 Å². The smallest absolute Gasteiger partial charge is 0.227 e. The van der Waals surface area contributed by atoms with E-state index in [9.17, 15) is 9.18 Å². The van der Waals surface area contributed by atoms with Crippen molar-refractivity contribution in [3.8, 4) is 11.4 Å². The maximum atomic E-state index is 13.3. The van der Waals surface area contributed by atoms with Crippen LogP contribution in [0.4, 0.5) is 4.39 Å². The van der Waals surface area contributed by atoms with E-state index in [2.05, 4.69) is 17.1 Å². The molecule has 116 valence electrons. The van der Waals surface area contributed by atoms with Crippen LogP contribution in [0.15, 0.2) is 22.7 Å². The van der Waals surface area contributed by atoms with Crippen LogP contribution in [-0.4, -0.2) is 34.0 Å². The number of carbonyl (C=O) groups is 1. The Hall–Kier alpha value is -2.24. The molecule has 2 heterocycles. The van der Waals surface area contributed by atoms with Gasteiger partial charge in [0.05, 0.1) is 0 Å². The van der Waals surface area contributed by atoms with Crippen LogP contribution in [0.3, 0.4) is 0 Å². The summed E-state index contributed by atoms with van der Waals surface area (Å²) >= 11 is 0. The molecule has 0 unspecified atom stereocenters. The molecular weight excluding hydrogens is 285 g/mol. The van der Waals surface area contributed by atoms with Crippen LogP contribution < -0.4 is 0 Å². The van der Waals surface area contributed by atoms with Crippen molar-refractivity contribution in [2.24, 2.45) is 5.92 Å². The van der Waals surface area contributed by atoms with Gasteiger partial charge in [0.1, 0.15) is 5.82 Å². The molecule has 6 heteroatoms. The predicted octanol–water partition coefficient (Wildman–Crippen LogP) is 2.60. The summed E-state index contributed by atoms with van der Waals surface area (Å²) in [6.45, 7) is 5.48. The molecule has 0 radical (unpaired) electrons. The van der Waals surface area contributed by atoms with E-state index < -0.39 is 0 Å². The number of nitrogens with zero attached hydrogens (tertiary/aromatic N) is 3. The Morgan fingerprint density at radius 1 is 1.45 bits per heavy atom. The second kappa shape index (κ2) is 5.87. The lowest BCUT2D eigenvalue weighted by molar-refractivity contribution is -0.137. The van der Waals surface area contributed by atoms with Crippen LogP contribution >= 0.6 is 0 Å². The van der Waals surface area contributed by atoms with Crippen molar-refractivity contribution in [2.75, 3.05) is 13.1 Å². The minimum Gasteiger partial charge on any atom is -0.342 e. The fourth-order valence-corrected chi connectivity index (χ4v) is 2.53. The summed E-state index contributed by atoms with van der Waals surface area (Å²) in [7, 11) is 0. The monoisotopic (exact) mass is 303 g/mol. The first-order valence-corrected chi connectivity index (χ1v) is 7.40. The number of benzene rings is 1. The summed E-state index contributed by atoms with van der Waals surface area (Å²) in [5.74, 6) is 1.31. The number of carbonyl (C=O) groups excluding carboxylic acids is 1. The molecule has 2 aromatic rings. The van der Waals surface area contributed by atoms with Gasteiger partial charge in [-0.25, -0.2) is 4.39 Å². The Balaban J connectivity index is 1.61. The number of hydrogen-bond acceptors (Lipinski definition) is 4. The van der Waals surface area contributed by atoms with Crippen molar-refractivity contribution in [1.29, 1.82) is 0 Å². The summed E-state index contributed by atoms with van der Waals surface area (Å²) in [5.41, 5.74) is 1.24. The molecule has 1 aliphatic heterocycles. The van der Waals surface area contributed by atoms with E-state index in [0.717, 1.165) is 13.1 Å². The Kier molecular flexibility index (Phi) is 3.92. The third kappa shape index (κ3) is 3.00. The van der Waals surface area contributed by atoms with Crippen LogP contribution in [0.5, 0.6) is 0 Å². The lowest BCUT2D eigenvalue weighted by atomic mass is 10.0. The van der Waals surface area contributed by atoms with Gasteiger partial charge in [0.25, 0.3) is 0 Å².